The first-order valence-electron chi connectivity index (χ1n) is 9.98. The molecule has 0 aliphatic carbocycles. The summed E-state index contributed by atoms with van der Waals surface area (Å²) in [4.78, 5) is 0. The van der Waals surface area contributed by atoms with Crippen molar-refractivity contribution >= 4 is 28.7 Å². The van der Waals surface area contributed by atoms with Crippen LogP contribution in [0.15, 0.2) is 84.9 Å². The second-order valence-electron chi connectivity index (χ2n) is 6.87. The number of ether oxygens (including phenoxy) is 1. The van der Waals surface area contributed by atoms with Crippen molar-refractivity contribution in [2.24, 2.45) is 0 Å². The number of hydrogen-bond acceptors (Lipinski definition) is 4. The zero-order valence-corrected chi connectivity index (χ0v) is 17.6. The van der Waals surface area contributed by atoms with Gasteiger partial charge in [0.1, 0.15) is 18.5 Å². The molecule has 0 amide bonds. The van der Waals surface area contributed by atoms with E-state index < -0.39 is 6.10 Å². The molecule has 1 atom stereocenters. The average Bonchev–Trinajstić information content (AvgIpc) is 2.78. The number of benzene rings is 3. The van der Waals surface area contributed by atoms with E-state index in [0.29, 0.717) is 11.7 Å². The lowest BCUT2D eigenvalue weighted by atomic mass is 10.1. The Balaban J connectivity index is 1.32. The molecule has 0 aromatic heterocycles. The molecule has 30 heavy (non-hydrogen) atoms. The molecule has 0 spiro atoms. The minimum Gasteiger partial charge on any atom is -0.491 e. The first-order chi connectivity index (χ1) is 14.7. The highest BCUT2D eigenvalue weighted by Gasteiger charge is 2.05. The summed E-state index contributed by atoms with van der Waals surface area (Å²) in [5, 5.41) is 20.2. The van der Waals surface area contributed by atoms with Gasteiger partial charge in [-0.3, -0.25) is 0 Å². The Morgan fingerprint density at radius 2 is 1.43 bits per heavy atom. The van der Waals surface area contributed by atoms with Gasteiger partial charge in [0.2, 0.25) is 0 Å². The number of anilines is 2. The van der Waals surface area contributed by atoms with Gasteiger partial charge in [-0.2, -0.15) is 0 Å². The van der Waals surface area contributed by atoms with Crippen LogP contribution in [0.1, 0.15) is 5.56 Å². The van der Waals surface area contributed by atoms with Crippen molar-refractivity contribution in [2.45, 2.75) is 12.5 Å². The van der Waals surface area contributed by atoms with E-state index >= 15 is 0 Å². The summed E-state index contributed by atoms with van der Waals surface area (Å²) in [6, 6.07) is 27.5. The molecule has 3 rings (SSSR count). The summed E-state index contributed by atoms with van der Waals surface area (Å²) in [6.07, 6.45) is 0.328. The minimum atomic E-state index is -0.546. The van der Waals surface area contributed by atoms with E-state index in [-0.39, 0.29) is 6.61 Å². The Bertz CT molecular complexity index is 889. The van der Waals surface area contributed by atoms with Gasteiger partial charge >= 0.3 is 0 Å². The molecule has 5 nitrogen and oxygen atoms in total. The number of aliphatic hydroxyl groups is 1. The first-order valence-corrected chi connectivity index (χ1v) is 10.4. The zero-order valence-electron chi connectivity index (χ0n) is 16.8. The Morgan fingerprint density at radius 3 is 2.10 bits per heavy atom. The van der Waals surface area contributed by atoms with Crippen molar-refractivity contribution in [3.05, 3.63) is 90.5 Å². The lowest BCUT2D eigenvalue weighted by Crippen LogP contribution is -2.32. The molecule has 0 saturated carbocycles. The van der Waals surface area contributed by atoms with E-state index in [4.69, 9.17) is 17.0 Å². The summed E-state index contributed by atoms with van der Waals surface area (Å²) in [7, 11) is 0. The van der Waals surface area contributed by atoms with Crippen LogP contribution in [0.25, 0.3) is 0 Å². The first kappa shape index (κ1) is 21.8. The van der Waals surface area contributed by atoms with Crippen molar-refractivity contribution in [3.63, 3.8) is 0 Å². The van der Waals surface area contributed by atoms with Gasteiger partial charge < -0.3 is 25.8 Å². The Hall–Kier alpha value is -2.93. The normalized spacial score (nSPS) is 11.5. The van der Waals surface area contributed by atoms with Crippen LogP contribution in [-0.4, -0.2) is 36.0 Å². The van der Waals surface area contributed by atoms with Crippen molar-refractivity contribution < 1.29 is 9.84 Å². The van der Waals surface area contributed by atoms with Crippen molar-refractivity contribution in [2.75, 3.05) is 30.3 Å². The standard InChI is InChI=1S/C24H27N3O2S/c28-22(18-29-23-9-5-2-6-10-23)17-25-16-15-19-11-13-21(14-12-19)27-24(30)26-20-7-3-1-4-8-20/h1-14,22,25,28H,15-18H2,(H2,26,27,30)/t22-/m0/s1. The molecular formula is C24H27N3O2S. The minimum absolute atomic E-state index is 0.272. The summed E-state index contributed by atoms with van der Waals surface area (Å²) < 4.78 is 5.55. The van der Waals surface area contributed by atoms with Gasteiger partial charge in [-0.15, -0.1) is 0 Å². The van der Waals surface area contributed by atoms with Gasteiger partial charge in [-0.25, -0.2) is 0 Å². The molecule has 0 saturated heterocycles. The number of rotatable bonds is 10. The number of thiocarbonyl (C=S) groups is 1. The zero-order chi connectivity index (χ0) is 21.0. The molecule has 3 aromatic carbocycles. The molecule has 3 aromatic rings. The second kappa shape index (κ2) is 11.9. The highest BCUT2D eigenvalue weighted by Crippen LogP contribution is 2.12. The Morgan fingerprint density at radius 1 is 0.833 bits per heavy atom. The molecule has 0 heterocycles. The van der Waals surface area contributed by atoms with Crippen LogP contribution < -0.4 is 20.7 Å². The van der Waals surface area contributed by atoms with Crippen molar-refractivity contribution in [3.8, 4) is 5.75 Å². The lowest BCUT2D eigenvalue weighted by Gasteiger charge is -2.13. The number of aliphatic hydroxyl groups excluding tert-OH is 1. The highest BCUT2D eigenvalue weighted by atomic mass is 32.1. The van der Waals surface area contributed by atoms with Gasteiger partial charge in [0.15, 0.2) is 5.11 Å². The van der Waals surface area contributed by atoms with Crippen molar-refractivity contribution in [1.82, 2.24) is 5.32 Å². The molecule has 0 aliphatic rings. The maximum absolute atomic E-state index is 10.0. The average molecular weight is 422 g/mol. The van der Waals surface area contributed by atoms with E-state index in [1.165, 1.54) is 5.56 Å². The Kier molecular flexibility index (Phi) is 8.65. The third-order valence-corrected chi connectivity index (χ3v) is 4.60. The van der Waals surface area contributed by atoms with E-state index in [2.05, 4.69) is 28.1 Å². The van der Waals surface area contributed by atoms with Gasteiger partial charge in [-0.05, 0) is 67.1 Å². The third kappa shape index (κ3) is 7.83. The van der Waals surface area contributed by atoms with Gasteiger partial charge in [0.25, 0.3) is 0 Å². The van der Waals surface area contributed by atoms with Crippen LogP contribution in [0.2, 0.25) is 0 Å². The molecule has 4 N–H and O–H groups in total. The molecule has 0 bridgehead atoms. The second-order valence-corrected chi connectivity index (χ2v) is 7.28. The van der Waals surface area contributed by atoms with E-state index in [1.54, 1.807) is 0 Å². The molecule has 0 fully saturated rings. The lowest BCUT2D eigenvalue weighted by molar-refractivity contribution is 0.106. The summed E-state index contributed by atoms with van der Waals surface area (Å²) in [6.45, 7) is 1.54. The molecule has 156 valence electrons. The quantitative estimate of drug-likeness (QED) is 0.292. The Labute approximate surface area is 183 Å². The number of para-hydroxylation sites is 2. The van der Waals surface area contributed by atoms with Gasteiger partial charge in [-0.1, -0.05) is 48.5 Å². The number of hydrogen-bond donors (Lipinski definition) is 4. The largest absolute Gasteiger partial charge is 0.491 e. The van der Waals surface area contributed by atoms with E-state index in [1.807, 2.05) is 72.8 Å². The van der Waals surface area contributed by atoms with Crippen LogP contribution in [0.5, 0.6) is 5.75 Å². The maximum atomic E-state index is 10.0. The van der Waals surface area contributed by atoms with Crippen LogP contribution >= 0.6 is 12.2 Å². The van der Waals surface area contributed by atoms with Gasteiger partial charge in [0, 0.05) is 17.9 Å². The predicted octanol–water partition coefficient (Wildman–Crippen LogP) is 4.07. The molecule has 0 aliphatic heterocycles. The summed E-state index contributed by atoms with van der Waals surface area (Å²) in [5.74, 6) is 0.767. The van der Waals surface area contributed by atoms with E-state index in [0.717, 1.165) is 30.1 Å². The van der Waals surface area contributed by atoms with Crippen LogP contribution in [0.4, 0.5) is 11.4 Å². The summed E-state index contributed by atoms with van der Waals surface area (Å²) >= 11 is 5.35. The monoisotopic (exact) mass is 421 g/mol. The highest BCUT2D eigenvalue weighted by molar-refractivity contribution is 7.80. The third-order valence-electron chi connectivity index (χ3n) is 4.40. The molecule has 0 radical (unpaired) electrons. The molecular weight excluding hydrogens is 394 g/mol. The fourth-order valence-electron chi connectivity index (χ4n) is 2.84. The molecule has 6 heteroatoms. The molecule has 0 unspecified atom stereocenters. The fraction of sp³-hybridized carbons (Fsp3) is 0.208. The predicted molar refractivity (Wildman–Crippen MR) is 127 cm³/mol. The topological polar surface area (TPSA) is 65.5 Å². The van der Waals surface area contributed by atoms with Crippen LogP contribution in [0, 0.1) is 0 Å². The smallest absolute Gasteiger partial charge is 0.175 e. The summed E-state index contributed by atoms with van der Waals surface area (Å²) in [5.41, 5.74) is 3.10. The van der Waals surface area contributed by atoms with Crippen LogP contribution in [-0.2, 0) is 6.42 Å². The van der Waals surface area contributed by atoms with Crippen molar-refractivity contribution in [1.29, 1.82) is 0 Å². The van der Waals surface area contributed by atoms with Crippen LogP contribution in [0.3, 0.4) is 0 Å². The SMILES string of the molecule is O[C@@H](CNCCc1ccc(NC(=S)Nc2ccccc2)cc1)COc1ccccc1. The maximum Gasteiger partial charge on any atom is 0.175 e. The fourth-order valence-corrected chi connectivity index (χ4v) is 3.07. The number of nitrogens with one attached hydrogen (secondary N) is 3. The van der Waals surface area contributed by atoms with E-state index in [9.17, 15) is 5.11 Å². The van der Waals surface area contributed by atoms with Gasteiger partial charge in [0.05, 0.1) is 0 Å².